The molecule has 0 aromatic heterocycles. The van der Waals surface area contributed by atoms with Crippen LogP contribution in [0.25, 0.3) is 0 Å². The van der Waals surface area contributed by atoms with Gasteiger partial charge >= 0.3 is 0 Å². The molecule has 0 saturated carbocycles. The van der Waals surface area contributed by atoms with Crippen LogP contribution in [0.1, 0.15) is 26.7 Å². The zero-order chi connectivity index (χ0) is 11.2. The monoisotopic (exact) mass is 223 g/mol. The molecule has 14 heavy (non-hydrogen) atoms. The van der Waals surface area contributed by atoms with Gasteiger partial charge in [-0.1, -0.05) is 13.8 Å². The van der Waals surface area contributed by atoms with Crippen molar-refractivity contribution in [2.45, 2.75) is 26.7 Å². The Kier molecular flexibility index (Phi) is 6.31. The van der Waals surface area contributed by atoms with E-state index in [1.54, 1.807) is 0 Å². The topological polar surface area (TPSA) is 57.6 Å². The minimum Gasteiger partial charge on any atom is -0.304 e. The first-order chi connectivity index (χ1) is 6.33. The minimum atomic E-state index is -3.67. The average Bonchev–Trinajstić information content (AvgIpc) is 2.03. The van der Waals surface area contributed by atoms with Crippen molar-refractivity contribution in [1.82, 2.24) is 4.90 Å². The molecule has 1 rings (SSSR count). The molecule has 0 atom stereocenters. The van der Waals surface area contributed by atoms with Gasteiger partial charge < -0.3 is 4.90 Å². The summed E-state index contributed by atoms with van der Waals surface area (Å²) in [6, 6.07) is 0. The molecule has 0 bridgehead atoms. The Bertz CT molecular complexity index is 222. The SMILES string of the molecule is CCN1CCC(C)CC1.CS(=O)(=O)O. The Morgan fingerprint density at radius 1 is 1.36 bits per heavy atom. The van der Waals surface area contributed by atoms with Crippen LogP contribution in [0.3, 0.4) is 0 Å². The van der Waals surface area contributed by atoms with Gasteiger partial charge in [0.2, 0.25) is 0 Å². The van der Waals surface area contributed by atoms with Gasteiger partial charge in [-0.15, -0.1) is 0 Å². The molecule has 1 fully saturated rings. The highest BCUT2D eigenvalue weighted by Crippen LogP contribution is 2.14. The third-order valence-electron chi connectivity index (χ3n) is 2.32. The van der Waals surface area contributed by atoms with Gasteiger partial charge in [-0.2, -0.15) is 8.42 Å². The molecule has 1 N–H and O–H groups in total. The van der Waals surface area contributed by atoms with E-state index in [1.807, 2.05) is 0 Å². The fraction of sp³-hybridized carbons (Fsp3) is 1.00. The lowest BCUT2D eigenvalue weighted by Crippen LogP contribution is -2.32. The quantitative estimate of drug-likeness (QED) is 0.680. The second-order valence-corrected chi connectivity index (χ2v) is 5.32. The van der Waals surface area contributed by atoms with Crippen LogP contribution in [0, 0.1) is 5.92 Å². The summed E-state index contributed by atoms with van der Waals surface area (Å²) in [7, 11) is -3.67. The van der Waals surface area contributed by atoms with E-state index in [1.165, 1.54) is 32.5 Å². The molecule has 1 aliphatic rings. The highest BCUT2D eigenvalue weighted by atomic mass is 32.2. The van der Waals surface area contributed by atoms with Gasteiger partial charge in [0.15, 0.2) is 0 Å². The predicted molar refractivity (Wildman–Crippen MR) is 58.0 cm³/mol. The summed E-state index contributed by atoms with van der Waals surface area (Å²) in [5.74, 6) is 0.979. The summed E-state index contributed by atoms with van der Waals surface area (Å²) in [6.45, 7) is 8.51. The van der Waals surface area contributed by atoms with E-state index in [0.29, 0.717) is 6.26 Å². The van der Waals surface area contributed by atoms with Gasteiger partial charge in [0.1, 0.15) is 0 Å². The molecule has 0 spiro atoms. The van der Waals surface area contributed by atoms with Crippen LogP contribution in [-0.2, 0) is 10.1 Å². The first-order valence-corrected chi connectivity index (χ1v) is 6.82. The van der Waals surface area contributed by atoms with Crippen LogP contribution in [0.2, 0.25) is 0 Å². The van der Waals surface area contributed by atoms with E-state index in [-0.39, 0.29) is 0 Å². The molecule has 5 heteroatoms. The summed E-state index contributed by atoms with van der Waals surface area (Å²) in [5.41, 5.74) is 0. The Morgan fingerprint density at radius 3 is 2.00 bits per heavy atom. The predicted octanol–water partition coefficient (Wildman–Crippen LogP) is 1.24. The van der Waals surface area contributed by atoms with Crippen LogP contribution < -0.4 is 0 Å². The number of hydrogen-bond donors (Lipinski definition) is 1. The van der Waals surface area contributed by atoms with E-state index in [4.69, 9.17) is 4.55 Å². The van der Waals surface area contributed by atoms with Gasteiger partial charge in [-0.25, -0.2) is 0 Å². The molecule has 0 radical (unpaired) electrons. The summed E-state index contributed by atoms with van der Waals surface area (Å²) < 4.78 is 25.9. The molecule has 1 aliphatic heterocycles. The van der Waals surface area contributed by atoms with Gasteiger partial charge in [-0.05, 0) is 38.4 Å². The van der Waals surface area contributed by atoms with Crippen molar-refractivity contribution >= 4 is 10.1 Å². The molecule has 0 aromatic carbocycles. The normalized spacial score (nSPS) is 20.0. The molecule has 0 aromatic rings. The average molecular weight is 223 g/mol. The van der Waals surface area contributed by atoms with Crippen molar-refractivity contribution < 1.29 is 13.0 Å². The highest BCUT2D eigenvalue weighted by molar-refractivity contribution is 7.85. The number of rotatable bonds is 1. The molecule has 4 nitrogen and oxygen atoms in total. The number of likely N-dealkylation sites (tertiary alicyclic amines) is 1. The first kappa shape index (κ1) is 13.9. The zero-order valence-electron chi connectivity index (χ0n) is 9.23. The third kappa shape index (κ3) is 9.95. The lowest BCUT2D eigenvalue weighted by molar-refractivity contribution is 0.201. The molecular weight excluding hydrogens is 202 g/mol. The lowest BCUT2D eigenvalue weighted by atomic mass is 9.99. The smallest absolute Gasteiger partial charge is 0.261 e. The molecule has 0 unspecified atom stereocenters. The van der Waals surface area contributed by atoms with Crippen molar-refractivity contribution in [3.63, 3.8) is 0 Å². The molecule has 1 heterocycles. The van der Waals surface area contributed by atoms with Gasteiger partial charge in [0.25, 0.3) is 10.1 Å². The maximum atomic E-state index is 9.19. The molecule has 86 valence electrons. The molecular formula is C9H21NO3S. The van der Waals surface area contributed by atoms with E-state index in [2.05, 4.69) is 18.7 Å². The Hall–Kier alpha value is -0.130. The standard InChI is InChI=1S/C8H17N.CH4O3S/c1-3-9-6-4-8(2)5-7-9;1-5(2,3)4/h8H,3-7H2,1-2H3;1H3,(H,2,3,4). The number of piperidine rings is 1. The Labute approximate surface area is 87.0 Å². The van der Waals surface area contributed by atoms with E-state index >= 15 is 0 Å². The number of hydrogen-bond acceptors (Lipinski definition) is 3. The van der Waals surface area contributed by atoms with Crippen LogP contribution in [0.5, 0.6) is 0 Å². The van der Waals surface area contributed by atoms with Crippen molar-refractivity contribution in [1.29, 1.82) is 0 Å². The van der Waals surface area contributed by atoms with E-state index < -0.39 is 10.1 Å². The molecule has 0 aliphatic carbocycles. The summed E-state index contributed by atoms with van der Waals surface area (Å²) in [4.78, 5) is 2.53. The Balaban J connectivity index is 0.000000292. The fourth-order valence-electron chi connectivity index (χ4n) is 1.38. The van der Waals surface area contributed by atoms with Crippen molar-refractivity contribution in [2.75, 3.05) is 25.9 Å². The van der Waals surface area contributed by atoms with Gasteiger partial charge in [0.05, 0.1) is 6.26 Å². The second kappa shape index (κ2) is 6.37. The first-order valence-electron chi connectivity index (χ1n) is 4.97. The van der Waals surface area contributed by atoms with Crippen LogP contribution in [0.4, 0.5) is 0 Å². The molecule has 1 saturated heterocycles. The summed E-state index contributed by atoms with van der Waals surface area (Å²) >= 11 is 0. The summed E-state index contributed by atoms with van der Waals surface area (Å²) in [5, 5.41) is 0. The van der Waals surface area contributed by atoms with Crippen LogP contribution in [-0.4, -0.2) is 43.8 Å². The largest absolute Gasteiger partial charge is 0.304 e. The van der Waals surface area contributed by atoms with Crippen LogP contribution >= 0.6 is 0 Å². The maximum Gasteiger partial charge on any atom is 0.261 e. The maximum absolute atomic E-state index is 9.19. The van der Waals surface area contributed by atoms with Crippen LogP contribution in [0.15, 0.2) is 0 Å². The lowest BCUT2D eigenvalue weighted by Gasteiger charge is -2.28. The van der Waals surface area contributed by atoms with E-state index in [0.717, 1.165) is 5.92 Å². The second-order valence-electron chi connectivity index (χ2n) is 3.85. The zero-order valence-corrected chi connectivity index (χ0v) is 10.0. The number of nitrogens with zero attached hydrogens (tertiary/aromatic N) is 1. The minimum absolute atomic E-state index is 0.715. The third-order valence-corrected chi connectivity index (χ3v) is 2.32. The highest BCUT2D eigenvalue weighted by Gasteiger charge is 2.12. The van der Waals surface area contributed by atoms with Crippen molar-refractivity contribution in [2.24, 2.45) is 5.92 Å². The van der Waals surface area contributed by atoms with Crippen molar-refractivity contribution in [3.8, 4) is 0 Å². The van der Waals surface area contributed by atoms with Gasteiger partial charge in [0, 0.05) is 0 Å². The Morgan fingerprint density at radius 2 is 1.71 bits per heavy atom. The summed E-state index contributed by atoms with van der Waals surface area (Å²) in [6.07, 6.45) is 3.54. The molecule has 0 amide bonds. The van der Waals surface area contributed by atoms with Gasteiger partial charge in [-0.3, -0.25) is 4.55 Å². The van der Waals surface area contributed by atoms with E-state index in [9.17, 15) is 8.42 Å². The fourth-order valence-corrected chi connectivity index (χ4v) is 1.38. The van der Waals surface area contributed by atoms with Crippen molar-refractivity contribution in [3.05, 3.63) is 0 Å².